The first kappa shape index (κ1) is 27.0. The van der Waals surface area contributed by atoms with Gasteiger partial charge in [-0.3, -0.25) is 0 Å². The summed E-state index contributed by atoms with van der Waals surface area (Å²) < 4.78 is 25.1. The van der Waals surface area contributed by atoms with Crippen LogP contribution < -0.4 is 4.74 Å². The molecule has 4 atom stereocenters. The van der Waals surface area contributed by atoms with Crippen molar-refractivity contribution in [2.45, 2.75) is 64.2 Å². The maximum absolute atomic E-state index is 12.1. The normalized spacial score (nSPS) is 22.6. The van der Waals surface area contributed by atoms with Crippen LogP contribution in [0, 0.1) is 6.92 Å². The van der Waals surface area contributed by atoms with Crippen LogP contribution in [-0.4, -0.2) is 28.4 Å². The molecule has 3 aromatic carbocycles. The molecule has 1 aliphatic heterocycles. The second-order valence-corrected chi connectivity index (χ2v) is 9.80. The summed E-state index contributed by atoms with van der Waals surface area (Å²) in [6.07, 6.45) is -0.981. The minimum absolute atomic E-state index is 0.309. The number of ether oxygens (including phenoxy) is 4. The topological polar surface area (TPSA) is 70.0 Å². The molecule has 1 aliphatic rings. The molecule has 5 rings (SSSR count). The third kappa shape index (κ3) is 6.37. The van der Waals surface area contributed by atoms with Crippen molar-refractivity contribution in [2.24, 2.45) is 0 Å². The van der Waals surface area contributed by atoms with Crippen LogP contribution in [-0.2, 0) is 39.8 Å². The number of aryl methyl sites for hydroxylation is 1. The fraction of sp³-hybridized carbons (Fsp3) is 0.303. The Morgan fingerprint density at radius 1 is 0.744 bits per heavy atom. The van der Waals surface area contributed by atoms with Gasteiger partial charge < -0.3 is 24.1 Å². The quantitative estimate of drug-likeness (QED) is 0.255. The molecule has 0 aliphatic carbocycles. The maximum atomic E-state index is 12.1. The van der Waals surface area contributed by atoms with Crippen molar-refractivity contribution in [3.63, 3.8) is 0 Å². The molecule has 0 radical (unpaired) electrons. The van der Waals surface area contributed by atoms with Crippen molar-refractivity contribution >= 4 is 0 Å². The van der Waals surface area contributed by atoms with Crippen molar-refractivity contribution in [1.29, 1.82) is 0 Å². The second kappa shape index (κ2) is 12.5. The van der Waals surface area contributed by atoms with E-state index in [0.717, 1.165) is 16.7 Å². The average molecular weight is 526 g/mol. The minimum atomic E-state index is -1.74. The first-order chi connectivity index (χ1) is 19.1. The second-order valence-electron chi connectivity index (χ2n) is 9.80. The van der Waals surface area contributed by atoms with Gasteiger partial charge in [0, 0.05) is 11.6 Å². The molecule has 202 valence electrons. The number of nitrogens with zero attached hydrogens (tertiary/aromatic N) is 1. The lowest BCUT2D eigenvalue weighted by molar-refractivity contribution is -0.250. The molecule has 0 saturated carbocycles. The lowest BCUT2D eigenvalue weighted by Gasteiger charge is -2.31. The summed E-state index contributed by atoms with van der Waals surface area (Å²) in [4.78, 5) is 4.64. The molecule has 1 aromatic heterocycles. The predicted octanol–water partition coefficient (Wildman–Crippen LogP) is 6.09. The summed E-state index contributed by atoms with van der Waals surface area (Å²) in [6, 6.07) is 33.4. The molecular weight excluding hydrogens is 490 g/mol. The van der Waals surface area contributed by atoms with E-state index in [4.69, 9.17) is 18.9 Å². The van der Waals surface area contributed by atoms with Crippen molar-refractivity contribution < 1.29 is 24.1 Å². The Morgan fingerprint density at radius 2 is 1.28 bits per heavy atom. The number of pyridine rings is 1. The molecule has 0 amide bonds. The maximum Gasteiger partial charge on any atom is 0.224 e. The molecule has 4 aromatic rings. The Labute approximate surface area is 230 Å². The van der Waals surface area contributed by atoms with Gasteiger partial charge in [-0.15, -0.1) is 0 Å². The Morgan fingerprint density at radius 3 is 1.82 bits per heavy atom. The smallest absolute Gasteiger partial charge is 0.224 e. The molecular formula is C33H35NO5. The molecule has 1 fully saturated rings. The highest BCUT2D eigenvalue weighted by atomic mass is 16.7. The minimum Gasteiger partial charge on any atom is -0.473 e. The number of hydrogen-bond acceptors (Lipinski definition) is 6. The van der Waals surface area contributed by atoms with E-state index < -0.39 is 18.0 Å². The van der Waals surface area contributed by atoms with Gasteiger partial charge in [0.05, 0.1) is 25.0 Å². The number of aromatic nitrogens is 1. The lowest BCUT2D eigenvalue weighted by atomic mass is 9.95. The van der Waals surface area contributed by atoms with Crippen LogP contribution in [0.1, 0.15) is 41.3 Å². The molecule has 6 heteroatoms. The van der Waals surface area contributed by atoms with Gasteiger partial charge >= 0.3 is 0 Å². The standard InChI is InChI=1S/C33H35NO5/c1-3-29-31(37-22-26-15-9-5-10-16-26)32(38-23-27-17-11-6-12-18-27)33(35,39-29)28-19-20-30(34-24(28)2)36-21-25-13-7-4-8-14-25/h4-20,29,31-32,35H,3,21-23H2,1-2H3/t29-,31?,32+,33?/m1/s1. The molecule has 1 saturated heterocycles. The Kier molecular flexibility index (Phi) is 8.69. The Hall–Kier alpha value is -3.55. The van der Waals surface area contributed by atoms with E-state index in [1.165, 1.54) is 0 Å². The number of rotatable bonds is 11. The zero-order chi connectivity index (χ0) is 27.1. The monoisotopic (exact) mass is 525 g/mol. The van der Waals surface area contributed by atoms with Gasteiger partial charge in [-0.1, -0.05) is 97.9 Å². The van der Waals surface area contributed by atoms with E-state index in [9.17, 15) is 5.11 Å². The van der Waals surface area contributed by atoms with Gasteiger partial charge in [-0.25, -0.2) is 4.98 Å². The summed E-state index contributed by atoms with van der Waals surface area (Å²) in [5, 5.41) is 12.1. The molecule has 0 bridgehead atoms. The van der Waals surface area contributed by atoms with E-state index in [-0.39, 0.29) is 6.10 Å². The van der Waals surface area contributed by atoms with Crippen molar-refractivity contribution in [3.8, 4) is 5.88 Å². The van der Waals surface area contributed by atoms with Crippen LogP contribution in [0.5, 0.6) is 5.88 Å². The van der Waals surface area contributed by atoms with Crippen LogP contribution in [0.4, 0.5) is 0 Å². The summed E-state index contributed by atoms with van der Waals surface area (Å²) in [5.41, 5.74) is 4.24. The predicted molar refractivity (Wildman–Crippen MR) is 149 cm³/mol. The van der Waals surface area contributed by atoms with Gasteiger partial charge in [0.25, 0.3) is 0 Å². The zero-order valence-corrected chi connectivity index (χ0v) is 22.4. The fourth-order valence-electron chi connectivity index (χ4n) is 4.97. The molecule has 2 heterocycles. The highest BCUT2D eigenvalue weighted by Gasteiger charge is 2.57. The van der Waals surface area contributed by atoms with E-state index >= 15 is 0 Å². The molecule has 39 heavy (non-hydrogen) atoms. The van der Waals surface area contributed by atoms with Gasteiger partial charge in [0.1, 0.15) is 18.8 Å². The first-order valence-corrected chi connectivity index (χ1v) is 13.4. The lowest BCUT2D eigenvalue weighted by Crippen LogP contribution is -2.44. The zero-order valence-electron chi connectivity index (χ0n) is 22.4. The number of hydrogen-bond donors (Lipinski definition) is 1. The summed E-state index contributed by atoms with van der Waals surface area (Å²) >= 11 is 0. The highest BCUT2D eigenvalue weighted by molar-refractivity contribution is 5.32. The largest absolute Gasteiger partial charge is 0.473 e. The van der Waals surface area contributed by atoms with Crippen LogP contribution in [0.2, 0.25) is 0 Å². The van der Waals surface area contributed by atoms with Gasteiger partial charge in [-0.05, 0) is 36.1 Å². The van der Waals surface area contributed by atoms with Crippen LogP contribution in [0.25, 0.3) is 0 Å². The molecule has 6 nitrogen and oxygen atoms in total. The van der Waals surface area contributed by atoms with E-state index in [1.54, 1.807) is 6.07 Å². The van der Waals surface area contributed by atoms with Crippen LogP contribution in [0.3, 0.4) is 0 Å². The highest BCUT2D eigenvalue weighted by Crippen LogP contribution is 2.43. The third-order valence-corrected chi connectivity index (χ3v) is 7.02. The number of benzene rings is 3. The Bertz CT molecular complexity index is 1320. The van der Waals surface area contributed by atoms with Crippen molar-refractivity contribution in [1.82, 2.24) is 4.98 Å². The fourth-order valence-corrected chi connectivity index (χ4v) is 4.97. The van der Waals surface area contributed by atoms with E-state index in [0.29, 0.717) is 43.4 Å². The summed E-state index contributed by atoms with van der Waals surface area (Å²) in [5.74, 6) is -1.27. The van der Waals surface area contributed by atoms with Crippen LogP contribution in [0.15, 0.2) is 103 Å². The Balaban J connectivity index is 1.40. The molecule has 1 N–H and O–H groups in total. The summed E-state index contributed by atoms with van der Waals surface area (Å²) in [6.45, 7) is 4.97. The molecule has 0 spiro atoms. The number of aliphatic hydroxyl groups is 1. The van der Waals surface area contributed by atoms with Crippen molar-refractivity contribution in [3.05, 3.63) is 131 Å². The van der Waals surface area contributed by atoms with E-state index in [2.05, 4.69) is 4.98 Å². The van der Waals surface area contributed by atoms with Gasteiger partial charge in [0.15, 0.2) is 0 Å². The summed E-state index contributed by atoms with van der Waals surface area (Å²) in [7, 11) is 0. The van der Waals surface area contributed by atoms with Gasteiger partial charge in [0.2, 0.25) is 11.7 Å². The average Bonchev–Trinajstić information content (AvgIpc) is 3.26. The van der Waals surface area contributed by atoms with E-state index in [1.807, 2.05) is 111 Å². The molecule has 2 unspecified atom stereocenters. The first-order valence-electron chi connectivity index (χ1n) is 13.4. The van der Waals surface area contributed by atoms with Crippen molar-refractivity contribution in [2.75, 3.05) is 0 Å². The SMILES string of the molecule is CC[C@H]1OC(O)(c2ccc(OCc3ccccc3)nc2C)[C@@H](OCc2ccccc2)C1OCc1ccccc1. The van der Waals surface area contributed by atoms with Crippen LogP contribution >= 0.6 is 0 Å². The third-order valence-electron chi connectivity index (χ3n) is 7.02. The van der Waals surface area contributed by atoms with Gasteiger partial charge in [-0.2, -0.15) is 0 Å².